The van der Waals surface area contributed by atoms with Gasteiger partial charge in [0.15, 0.2) is 0 Å². The Bertz CT molecular complexity index is 894. The van der Waals surface area contributed by atoms with Crippen LogP contribution in [0.2, 0.25) is 0 Å². The molecule has 7 heteroatoms. The minimum absolute atomic E-state index is 0.0194. The van der Waals surface area contributed by atoms with Crippen molar-refractivity contribution in [1.29, 1.82) is 0 Å². The SMILES string of the molecule is COC(=O)c1ccc(NC(=O)C2CC(=O)N(CCc3cccc(OC)c3)C2)cc1. The molecule has 2 aromatic carbocycles. The van der Waals surface area contributed by atoms with Crippen LogP contribution in [0.25, 0.3) is 0 Å². The average Bonchev–Trinajstić information content (AvgIpc) is 3.13. The van der Waals surface area contributed by atoms with Crippen molar-refractivity contribution in [2.75, 3.05) is 32.6 Å². The lowest BCUT2D eigenvalue weighted by Gasteiger charge is -2.17. The van der Waals surface area contributed by atoms with E-state index in [1.54, 1.807) is 36.3 Å². The van der Waals surface area contributed by atoms with Gasteiger partial charge in [-0.3, -0.25) is 9.59 Å². The molecule has 1 atom stereocenters. The second kappa shape index (κ2) is 9.23. The maximum Gasteiger partial charge on any atom is 0.337 e. The van der Waals surface area contributed by atoms with E-state index in [-0.39, 0.29) is 18.2 Å². The van der Waals surface area contributed by atoms with Crippen LogP contribution >= 0.6 is 0 Å². The van der Waals surface area contributed by atoms with Crippen LogP contribution in [-0.2, 0) is 20.7 Å². The van der Waals surface area contributed by atoms with Gasteiger partial charge < -0.3 is 19.7 Å². The largest absolute Gasteiger partial charge is 0.497 e. The molecule has 2 aromatic rings. The third kappa shape index (κ3) is 5.13. The number of methoxy groups -OCH3 is 2. The molecule has 1 N–H and O–H groups in total. The lowest BCUT2D eigenvalue weighted by atomic mass is 10.1. The third-order valence-electron chi connectivity index (χ3n) is 4.96. The molecule has 0 spiro atoms. The van der Waals surface area contributed by atoms with Gasteiger partial charge in [0.2, 0.25) is 11.8 Å². The highest BCUT2D eigenvalue weighted by Crippen LogP contribution is 2.21. The summed E-state index contributed by atoms with van der Waals surface area (Å²) in [6, 6.07) is 14.2. The molecule has 1 heterocycles. The zero-order valence-electron chi connectivity index (χ0n) is 16.5. The van der Waals surface area contributed by atoms with Crippen LogP contribution in [0, 0.1) is 5.92 Å². The lowest BCUT2D eigenvalue weighted by molar-refractivity contribution is -0.128. The van der Waals surface area contributed by atoms with E-state index >= 15 is 0 Å². The number of likely N-dealkylation sites (tertiary alicyclic amines) is 1. The molecule has 1 saturated heterocycles. The van der Waals surface area contributed by atoms with E-state index in [1.165, 1.54) is 7.11 Å². The van der Waals surface area contributed by atoms with Crippen molar-refractivity contribution in [2.24, 2.45) is 5.92 Å². The molecule has 152 valence electrons. The quantitative estimate of drug-likeness (QED) is 0.727. The molecular weight excluding hydrogens is 372 g/mol. The normalized spacial score (nSPS) is 15.9. The molecule has 0 bridgehead atoms. The highest BCUT2D eigenvalue weighted by Gasteiger charge is 2.34. The molecule has 2 amide bonds. The zero-order chi connectivity index (χ0) is 20.8. The van der Waals surface area contributed by atoms with E-state index in [9.17, 15) is 14.4 Å². The summed E-state index contributed by atoms with van der Waals surface area (Å²) >= 11 is 0. The van der Waals surface area contributed by atoms with Gasteiger partial charge in [0.25, 0.3) is 0 Å². The van der Waals surface area contributed by atoms with Gasteiger partial charge in [-0.05, 0) is 48.4 Å². The maximum atomic E-state index is 12.5. The van der Waals surface area contributed by atoms with Gasteiger partial charge in [0.1, 0.15) is 5.75 Å². The number of nitrogens with zero attached hydrogens (tertiary/aromatic N) is 1. The number of carbonyl (C=O) groups excluding carboxylic acids is 3. The first kappa shape index (κ1) is 20.4. The second-order valence-electron chi connectivity index (χ2n) is 6.90. The number of anilines is 1. The Hall–Kier alpha value is -3.35. The van der Waals surface area contributed by atoms with Crippen LogP contribution in [0.4, 0.5) is 5.69 Å². The number of nitrogens with one attached hydrogen (secondary N) is 1. The average molecular weight is 396 g/mol. The summed E-state index contributed by atoms with van der Waals surface area (Å²) in [5, 5.41) is 2.81. The van der Waals surface area contributed by atoms with Crippen LogP contribution < -0.4 is 10.1 Å². The minimum atomic E-state index is -0.434. The summed E-state index contributed by atoms with van der Waals surface area (Å²) < 4.78 is 9.87. The van der Waals surface area contributed by atoms with Gasteiger partial charge in [-0.1, -0.05) is 12.1 Å². The van der Waals surface area contributed by atoms with E-state index in [0.717, 1.165) is 11.3 Å². The summed E-state index contributed by atoms with van der Waals surface area (Å²) in [5.41, 5.74) is 2.06. The molecule has 0 saturated carbocycles. The van der Waals surface area contributed by atoms with Gasteiger partial charge in [-0.15, -0.1) is 0 Å². The Morgan fingerprint density at radius 2 is 1.90 bits per heavy atom. The maximum absolute atomic E-state index is 12.5. The Kier molecular flexibility index (Phi) is 6.49. The number of carbonyl (C=O) groups is 3. The topological polar surface area (TPSA) is 84.9 Å². The van der Waals surface area contributed by atoms with Gasteiger partial charge in [0, 0.05) is 25.2 Å². The van der Waals surface area contributed by atoms with Crippen molar-refractivity contribution in [3.05, 3.63) is 59.7 Å². The molecule has 1 aliphatic rings. The van der Waals surface area contributed by atoms with Gasteiger partial charge >= 0.3 is 5.97 Å². The Morgan fingerprint density at radius 3 is 2.59 bits per heavy atom. The zero-order valence-corrected chi connectivity index (χ0v) is 16.5. The predicted octanol–water partition coefficient (Wildman–Crippen LogP) is 2.51. The van der Waals surface area contributed by atoms with Crippen molar-refractivity contribution < 1.29 is 23.9 Å². The standard InChI is InChI=1S/C22H24N2O5/c1-28-19-5-3-4-15(12-19)10-11-24-14-17(13-20(24)25)21(26)23-18-8-6-16(7-9-18)22(27)29-2/h3-9,12,17H,10-11,13-14H2,1-2H3,(H,23,26). The van der Waals surface area contributed by atoms with E-state index in [2.05, 4.69) is 10.1 Å². The highest BCUT2D eigenvalue weighted by atomic mass is 16.5. The van der Waals surface area contributed by atoms with Crippen molar-refractivity contribution in [2.45, 2.75) is 12.8 Å². The van der Waals surface area contributed by atoms with E-state index in [1.807, 2.05) is 24.3 Å². The number of amides is 2. The molecule has 1 fully saturated rings. The van der Waals surface area contributed by atoms with E-state index < -0.39 is 11.9 Å². The molecule has 0 aliphatic carbocycles. The monoisotopic (exact) mass is 396 g/mol. The minimum Gasteiger partial charge on any atom is -0.497 e. The molecule has 3 rings (SSSR count). The highest BCUT2D eigenvalue weighted by molar-refractivity contribution is 5.97. The third-order valence-corrected chi connectivity index (χ3v) is 4.96. The first-order valence-corrected chi connectivity index (χ1v) is 9.40. The smallest absolute Gasteiger partial charge is 0.337 e. The van der Waals surface area contributed by atoms with Crippen LogP contribution in [-0.4, -0.2) is 50.0 Å². The van der Waals surface area contributed by atoms with Crippen molar-refractivity contribution >= 4 is 23.5 Å². The van der Waals surface area contributed by atoms with E-state index in [4.69, 9.17) is 4.74 Å². The molecule has 0 radical (unpaired) electrons. The molecule has 29 heavy (non-hydrogen) atoms. The molecule has 1 unspecified atom stereocenters. The van der Waals surface area contributed by atoms with Crippen molar-refractivity contribution in [1.82, 2.24) is 4.90 Å². The number of hydrogen-bond acceptors (Lipinski definition) is 5. The van der Waals surface area contributed by atoms with Gasteiger partial charge in [-0.2, -0.15) is 0 Å². The number of rotatable bonds is 7. The van der Waals surface area contributed by atoms with Crippen LogP contribution in [0.3, 0.4) is 0 Å². The Balaban J connectivity index is 1.53. The van der Waals surface area contributed by atoms with Crippen molar-refractivity contribution in [3.63, 3.8) is 0 Å². The summed E-state index contributed by atoms with van der Waals surface area (Å²) in [6.07, 6.45) is 0.899. The van der Waals surface area contributed by atoms with Crippen LogP contribution in [0.5, 0.6) is 5.75 Å². The van der Waals surface area contributed by atoms with Crippen LogP contribution in [0.1, 0.15) is 22.3 Å². The molecule has 1 aliphatic heterocycles. The summed E-state index contributed by atoms with van der Waals surface area (Å²) in [4.78, 5) is 38.0. The molecule has 7 nitrogen and oxygen atoms in total. The lowest BCUT2D eigenvalue weighted by Crippen LogP contribution is -2.30. The fourth-order valence-electron chi connectivity index (χ4n) is 3.31. The first-order valence-electron chi connectivity index (χ1n) is 9.40. The second-order valence-corrected chi connectivity index (χ2v) is 6.90. The Morgan fingerprint density at radius 1 is 1.14 bits per heavy atom. The summed E-state index contributed by atoms with van der Waals surface area (Å²) in [6.45, 7) is 0.957. The number of esters is 1. The Labute approximate surface area is 169 Å². The first-order chi connectivity index (χ1) is 14.0. The van der Waals surface area contributed by atoms with Gasteiger partial charge in [-0.25, -0.2) is 4.79 Å². The van der Waals surface area contributed by atoms with Crippen LogP contribution in [0.15, 0.2) is 48.5 Å². The number of ether oxygens (including phenoxy) is 2. The molecular formula is C22H24N2O5. The number of benzene rings is 2. The number of hydrogen-bond donors (Lipinski definition) is 1. The predicted molar refractivity (Wildman–Crippen MR) is 108 cm³/mol. The fraction of sp³-hybridized carbons (Fsp3) is 0.318. The van der Waals surface area contributed by atoms with E-state index in [0.29, 0.717) is 30.8 Å². The fourth-order valence-corrected chi connectivity index (χ4v) is 3.31. The summed E-state index contributed by atoms with van der Waals surface area (Å²) in [7, 11) is 2.93. The summed E-state index contributed by atoms with van der Waals surface area (Å²) in [5.74, 6) is -0.267. The van der Waals surface area contributed by atoms with Crippen molar-refractivity contribution in [3.8, 4) is 5.75 Å². The van der Waals surface area contributed by atoms with Gasteiger partial charge in [0.05, 0.1) is 25.7 Å². The molecule has 0 aromatic heterocycles.